The highest BCUT2D eigenvalue weighted by Crippen LogP contribution is 2.48. The zero-order valence-electron chi connectivity index (χ0n) is 17.5. The second kappa shape index (κ2) is 9.15. The van der Waals surface area contributed by atoms with Crippen LogP contribution in [0.3, 0.4) is 0 Å². The molecule has 0 saturated carbocycles. The summed E-state index contributed by atoms with van der Waals surface area (Å²) >= 11 is 0. The molecule has 4 nitrogen and oxygen atoms in total. The van der Waals surface area contributed by atoms with E-state index >= 15 is 4.39 Å². The van der Waals surface area contributed by atoms with Gasteiger partial charge in [0.05, 0.1) is 11.1 Å². The van der Waals surface area contributed by atoms with Gasteiger partial charge < -0.3 is 20.9 Å². The van der Waals surface area contributed by atoms with Crippen molar-refractivity contribution in [3.8, 4) is 23.0 Å². The Morgan fingerprint density at radius 3 is 1.27 bits per heavy atom. The summed E-state index contributed by atoms with van der Waals surface area (Å²) in [6.45, 7) is 0. The zero-order chi connectivity index (χ0) is 28.1. The van der Waals surface area contributed by atoms with Crippen molar-refractivity contribution >= 4 is 11.4 Å². The van der Waals surface area contributed by atoms with E-state index in [1.165, 1.54) is 0 Å². The summed E-state index contributed by atoms with van der Waals surface area (Å²) in [6.07, 6.45) is -16.0. The second-order valence-corrected chi connectivity index (χ2v) is 7.25. The average molecular weight is 550 g/mol. The molecule has 0 saturated heterocycles. The lowest BCUT2D eigenvalue weighted by Crippen LogP contribution is -2.15. The SMILES string of the molecule is Nc1cc(Oc2c(F)c(F)c(C(F)(F)F)c(Oc3cc(N)cc(C(F)(F)F)c3)c2F)cc(C(F)(F)F)c1. The molecule has 3 rings (SSSR count). The van der Waals surface area contributed by atoms with E-state index in [1.54, 1.807) is 0 Å². The normalized spacial score (nSPS) is 12.5. The molecule has 0 heterocycles. The molecule has 16 heteroatoms. The molecule has 0 aliphatic rings. The number of halogens is 12. The topological polar surface area (TPSA) is 70.5 Å². The molecule has 3 aromatic rings. The van der Waals surface area contributed by atoms with Crippen molar-refractivity contribution in [2.45, 2.75) is 18.5 Å². The maximum absolute atomic E-state index is 15.1. The van der Waals surface area contributed by atoms with Gasteiger partial charge in [0.25, 0.3) is 0 Å². The summed E-state index contributed by atoms with van der Waals surface area (Å²) in [5.74, 6) is -14.3. The lowest BCUT2D eigenvalue weighted by molar-refractivity contribution is -0.142. The number of hydrogen-bond acceptors (Lipinski definition) is 4. The number of hydrogen-bond donors (Lipinski definition) is 2. The van der Waals surface area contributed by atoms with Crippen LogP contribution in [0.2, 0.25) is 0 Å². The summed E-state index contributed by atoms with van der Waals surface area (Å²) < 4.78 is 172. The van der Waals surface area contributed by atoms with Gasteiger partial charge in [-0.15, -0.1) is 0 Å². The number of rotatable bonds is 4. The van der Waals surface area contributed by atoms with Gasteiger partial charge in [0, 0.05) is 23.5 Å². The van der Waals surface area contributed by atoms with Crippen LogP contribution in [-0.2, 0) is 18.5 Å². The molecule has 0 aromatic heterocycles. The van der Waals surface area contributed by atoms with Crippen LogP contribution in [0.25, 0.3) is 0 Å². The van der Waals surface area contributed by atoms with Gasteiger partial charge in [0.2, 0.25) is 17.4 Å². The Morgan fingerprint density at radius 2 is 0.892 bits per heavy atom. The van der Waals surface area contributed by atoms with E-state index < -0.39 is 87.0 Å². The Kier molecular flexibility index (Phi) is 6.83. The summed E-state index contributed by atoms with van der Waals surface area (Å²) in [6, 6.07) is 2.08. The quantitative estimate of drug-likeness (QED) is 0.197. The van der Waals surface area contributed by atoms with Crippen LogP contribution >= 0.6 is 0 Å². The van der Waals surface area contributed by atoms with E-state index in [-0.39, 0.29) is 12.1 Å². The minimum Gasteiger partial charge on any atom is -0.453 e. The summed E-state index contributed by atoms with van der Waals surface area (Å²) in [4.78, 5) is 0. The van der Waals surface area contributed by atoms with E-state index in [4.69, 9.17) is 11.5 Å². The van der Waals surface area contributed by atoms with Gasteiger partial charge in [-0.25, -0.2) is 4.39 Å². The van der Waals surface area contributed by atoms with E-state index in [0.29, 0.717) is 24.3 Å². The fourth-order valence-electron chi connectivity index (χ4n) is 2.98. The smallest absolute Gasteiger partial charge is 0.423 e. The van der Waals surface area contributed by atoms with Crippen molar-refractivity contribution < 1.29 is 62.2 Å². The van der Waals surface area contributed by atoms with Crippen LogP contribution in [0.15, 0.2) is 36.4 Å². The second-order valence-electron chi connectivity index (χ2n) is 7.25. The van der Waals surface area contributed by atoms with Crippen LogP contribution in [-0.4, -0.2) is 0 Å². The highest BCUT2D eigenvalue weighted by molar-refractivity contribution is 5.54. The highest BCUT2D eigenvalue weighted by atomic mass is 19.4. The van der Waals surface area contributed by atoms with E-state index in [0.717, 1.165) is 0 Å². The predicted octanol–water partition coefficient (Wildman–Crippen LogP) is 7.91. The molecule has 0 aliphatic heterocycles. The van der Waals surface area contributed by atoms with E-state index in [2.05, 4.69) is 9.47 Å². The molecule has 0 radical (unpaired) electrons. The third-order valence-electron chi connectivity index (χ3n) is 4.47. The minimum atomic E-state index is -5.87. The van der Waals surface area contributed by atoms with Gasteiger partial charge in [-0.3, -0.25) is 0 Å². The van der Waals surface area contributed by atoms with Crippen LogP contribution in [0.4, 0.5) is 64.1 Å². The van der Waals surface area contributed by atoms with Gasteiger partial charge in [0.1, 0.15) is 17.1 Å². The number of nitrogen functional groups attached to an aromatic ring is 2. The summed E-state index contributed by atoms with van der Waals surface area (Å²) in [5.41, 5.74) is 3.41. The van der Waals surface area contributed by atoms with Gasteiger partial charge >= 0.3 is 18.5 Å². The van der Waals surface area contributed by atoms with Crippen molar-refractivity contribution in [1.29, 1.82) is 0 Å². The monoisotopic (exact) mass is 550 g/mol. The third kappa shape index (κ3) is 5.89. The van der Waals surface area contributed by atoms with Gasteiger partial charge in [-0.2, -0.15) is 48.3 Å². The van der Waals surface area contributed by atoms with Crippen molar-refractivity contribution in [2.24, 2.45) is 0 Å². The Bertz CT molecular complexity index is 1350. The van der Waals surface area contributed by atoms with Crippen LogP contribution in [0, 0.1) is 17.5 Å². The summed E-state index contributed by atoms with van der Waals surface area (Å²) in [7, 11) is 0. The van der Waals surface area contributed by atoms with Crippen LogP contribution in [0.5, 0.6) is 23.0 Å². The minimum absolute atomic E-state index is 0.0885. The fraction of sp³-hybridized carbons (Fsp3) is 0.143. The molecule has 200 valence electrons. The molecule has 0 unspecified atom stereocenters. The largest absolute Gasteiger partial charge is 0.453 e. The molecule has 0 aliphatic carbocycles. The zero-order valence-corrected chi connectivity index (χ0v) is 17.5. The molecule has 0 bridgehead atoms. The average Bonchev–Trinajstić information content (AvgIpc) is 2.72. The first-order chi connectivity index (χ1) is 16.8. The number of anilines is 2. The van der Waals surface area contributed by atoms with Gasteiger partial charge in [-0.1, -0.05) is 0 Å². The third-order valence-corrected chi connectivity index (χ3v) is 4.47. The first-order valence-corrected chi connectivity index (χ1v) is 9.38. The van der Waals surface area contributed by atoms with Crippen molar-refractivity contribution in [1.82, 2.24) is 0 Å². The molecule has 4 N–H and O–H groups in total. The Balaban J connectivity index is 2.22. The van der Waals surface area contributed by atoms with Crippen LogP contribution < -0.4 is 20.9 Å². The van der Waals surface area contributed by atoms with Crippen molar-refractivity contribution in [3.63, 3.8) is 0 Å². The maximum atomic E-state index is 15.1. The Morgan fingerprint density at radius 1 is 0.486 bits per heavy atom. The Labute approximate surface area is 198 Å². The molecule has 37 heavy (non-hydrogen) atoms. The number of ether oxygens (including phenoxy) is 2. The molecule has 3 aromatic carbocycles. The van der Waals surface area contributed by atoms with Gasteiger partial charge in [-0.05, 0) is 24.3 Å². The molecular formula is C21H10F12N2O2. The molecular weight excluding hydrogens is 540 g/mol. The standard InChI is InChI=1S/C21H10F12N2O2/c22-14-13(21(31,32)33)17(36-11-3-7(19(25,26)27)1-9(34)5-11)16(24)18(15(14)23)37-12-4-8(20(28,29)30)2-10(35)6-12/h1-6H,34-35H2. The van der Waals surface area contributed by atoms with E-state index in [1.807, 2.05) is 0 Å². The predicted molar refractivity (Wildman–Crippen MR) is 103 cm³/mol. The number of alkyl halides is 9. The molecule has 0 atom stereocenters. The molecule has 0 spiro atoms. The van der Waals surface area contributed by atoms with E-state index in [9.17, 15) is 48.3 Å². The summed E-state index contributed by atoms with van der Waals surface area (Å²) in [5, 5.41) is 0. The maximum Gasteiger partial charge on any atom is 0.423 e. The highest BCUT2D eigenvalue weighted by Gasteiger charge is 2.44. The van der Waals surface area contributed by atoms with Crippen LogP contribution in [0.1, 0.15) is 16.7 Å². The Hall–Kier alpha value is -3.98. The molecule has 0 amide bonds. The first kappa shape index (κ1) is 27.6. The van der Waals surface area contributed by atoms with Crippen molar-refractivity contribution in [3.05, 3.63) is 70.5 Å². The number of nitrogens with two attached hydrogens (primary N) is 2. The van der Waals surface area contributed by atoms with Crippen molar-refractivity contribution in [2.75, 3.05) is 11.5 Å². The molecule has 0 fully saturated rings. The fourth-order valence-corrected chi connectivity index (χ4v) is 2.98. The first-order valence-electron chi connectivity index (χ1n) is 9.38. The van der Waals surface area contributed by atoms with Gasteiger partial charge in [0.15, 0.2) is 11.6 Å². The lowest BCUT2D eigenvalue weighted by atomic mass is 10.1. The number of benzene rings is 3. The lowest BCUT2D eigenvalue weighted by Gasteiger charge is -2.19.